The molecular weight excluding hydrogens is 368 g/mol. The largest absolute Gasteiger partial charge is 0.343 e. The first-order valence-corrected chi connectivity index (χ1v) is 10.2. The summed E-state index contributed by atoms with van der Waals surface area (Å²) < 4.78 is 6.51. The van der Waals surface area contributed by atoms with Gasteiger partial charge in [-0.3, -0.25) is 9.59 Å². The van der Waals surface area contributed by atoms with E-state index in [0.29, 0.717) is 37.4 Å². The molecule has 2 aromatic rings. The van der Waals surface area contributed by atoms with Crippen molar-refractivity contribution < 1.29 is 14.3 Å². The maximum absolute atomic E-state index is 13.3. The summed E-state index contributed by atoms with van der Waals surface area (Å²) in [4.78, 5) is 38.4. The maximum atomic E-state index is 13.3. The van der Waals surface area contributed by atoms with E-state index >= 15 is 0 Å². The molecule has 7 heteroatoms. The molecule has 2 amide bonds. The number of hydrogen-bond donors (Lipinski definition) is 0. The normalized spacial score (nSPS) is 28.2. The quantitative estimate of drug-likeness (QED) is 0.802. The van der Waals surface area contributed by atoms with Gasteiger partial charge in [0.2, 0.25) is 5.91 Å². The summed E-state index contributed by atoms with van der Waals surface area (Å²) in [5, 5.41) is 0. The highest BCUT2D eigenvalue weighted by molar-refractivity contribution is 5.94. The van der Waals surface area contributed by atoms with Crippen LogP contribution in [-0.4, -0.2) is 56.4 Å². The van der Waals surface area contributed by atoms with E-state index in [0.717, 1.165) is 5.56 Å². The Morgan fingerprint density at radius 3 is 2.79 bits per heavy atom. The summed E-state index contributed by atoms with van der Waals surface area (Å²) in [5.74, 6) is 0.685. The van der Waals surface area contributed by atoms with E-state index < -0.39 is 5.72 Å². The molecule has 29 heavy (non-hydrogen) atoms. The van der Waals surface area contributed by atoms with Crippen molar-refractivity contribution in [3.8, 4) is 0 Å². The first-order chi connectivity index (χ1) is 14.0. The zero-order chi connectivity index (χ0) is 20.2. The van der Waals surface area contributed by atoms with Crippen molar-refractivity contribution in [1.29, 1.82) is 0 Å². The van der Waals surface area contributed by atoms with Crippen LogP contribution >= 0.6 is 0 Å². The smallest absolute Gasteiger partial charge is 0.273 e. The van der Waals surface area contributed by atoms with Gasteiger partial charge in [0.1, 0.15) is 17.6 Å². The highest BCUT2D eigenvalue weighted by Gasteiger charge is 2.65. The van der Waals surface area contributed by atoms with Gasteiger partial charge in [-0.25, -0.2) is 9.97 Å². The molecule has 5 rings (SSSR count). The molecule has 0 bridgehead atoms. The van der Waals surface area contributed by atoms with Crippen LogP contribution in [0.4, 0.5) is 0 Å². The van der Waals surface area contributed by atoms with Gasteiger partial charge in [-0.1, -0.05) is 44.2 Å². The Morgan fingerprint density at radius 1 is 1.24 bits per heavy atom. The lowest BCUT2D eigenvalue weighted by atomic mass is 10.1. The first kappa shape index (κ1) is 18.2. The molecule has 3 atom stereocenters. The van der Waals surface area contributed by atoms with E-state index in [-0.39, 0.29) is 29.9 Å². The van der Waals surface area contributed by atoms with Crippen molar-refractivity contribution in [2.75, 3.05) is 13.1 Å². The van der Waals surface area contributed by atoms with Crippen LogP contribution in [-0.2, 0) is 9.53 Å². The summed E-state index contributed by atoms with van der Waals surface area (Å²) in [6.07, 6.45) is 2.39. The highest BCUT2D eigenvalue weighted by atomic mass is 16.5. The molecule has 1 aromatic carbocycles. The molecule has 4 heterocycles. The number of carbonyl (C=O) groups is 2. The Morgan fingerprint density at radius 2 is 2.03 bits per heavy atom. The van der Waals surface area contributed by atoms with Gasteiger partial charge in [0.25, 0.3) is 5.91 Å². The number of benzene rings is 1. The van der Waals surface area contributed by atoms with Gasteiger partial charge < -0.3 is 14.5 Å². The number of amides is 2. The molecule has 3 fully saturated rings. The molecule has 0 radical (unpaired) electrons. The Hall–Kier alpha value is -2.80. The molecule has 1 aromatic heterocycles. The van der Waals surface area contributed by atoms with Crippen molar-refractivity contribution in [3.05, 3.63) is 59.7 Å². The SMILES string of the molecule is CC(C)c1nccc(C(=O)N2CC[C@@]34O[C@H](c5ccccc5)CN3C(=O)C[C@@H]24)n1. The summed E-state index contributed by atoms with van der Waals surface area (Å²) in [5.41, 5.74) is 0.718. The zero-order valence-corrected chi connectivity index (χ0v) is 16.6. The second-order valence-electron chi connectivity index (χ2n) is 8.29. The van der Waals surface area contributed by atoms with Crippen molar-refractivity contribution >= 4 is 11.8 Å². The molecule has 3 aliphatic heterocycles. The van der Waals surface area contributed by atoms with E-state index in [2.05, 4.69) is 9.97 Å². The minimum atomic E-state index is -0.721. The molecule has 0 aliphatic carbocycles. The molecule has 3 aliphatic rings. The van der Waals surface area contributed by atoms with E-state index in [9.17, 15) is 9.59 Å². The molecule has 7 nitrogen and oxygen atoms in total. The van der Waals surface area contributed by atoms with Gasteiger partial charge in [-0.05, 0) is 11.6 Å². The number of hydrogen-bond acceptors (Lipinski definition) is 5. The lowest BCUT2D eigenvalue weighted by Gasteiger charge is -2.31. The van der Waals surface area contributed by atoms with Crippen molar-refractivity contribution in [1.82, 2.24) is 19.8 Å². The van der Waals surface area contributed by atoms with Crippen molar-refractivity contribution in [2.24, 2.45) is 0 Å². The van der Waals surface area contributed by atoms with E-state index in [1.165, 1.54) is 0 Å². The predicted octanol–water partition coefficient (Wildman–Crippen LogP) is 2.51. The molecular formula is C22H24N4O3. The zero-order valence-electron chi connectivity index (χ0n) is 16.6. The third-order valence-corrected chi connectivity index (χ3v) is 6.27. The first-order valence-electron chi connectivity index (χ1n) is 10.2. The molecule has 150 valence electrons. The third-order valence-electron chi connectivity index (χ3n) is 6.27. The van der Waals surface area contributed by atoms with Gasteiger partial charge in [0, 0.05) is 25.1 Å². The van der Waals surface area contributed by atoms with E-state index in [4.69, 9.17) is 4.74 Å². The van der Waals surface area contributed by atoms with Crippen LogP contribution in [0.3, 0.4) is 0 Å². The second kappa shape index (κ2) is 6.62. The Labute approximate surface area is 169 Å². The number of aromatic nitrogens is 2. The topological polar surface area (TPSA) is 75.6 Å². The van der Waals surface area contributed by atoms with Crippen molar-refractivity contribution in [2.45, 2.75) is 50.5 Å². The van der Waals surface area contributed by atoms with Crippen LogP contribution in [0.2, 0.25) is 0 Å². The number of carbonyl (C=O) groups excluding carboxylic acids is 2. The molecule has 0 unspecified atom stereocenters. The summed E-state index contributed by atoms with van der Waals surface area (Å²) in [6.45, 7) is 5.08. The average molecular weight is 392 g/mol. The lowest BCUT2D eigenvalue weighted by Crippen LogP contribution is -2.48. The van der Waals surface area contributed by atoms with Gasteiger partial charge >= 0.3 is 0 Å². The summed E-state index contributed by atoms with van der Waals surface area (Å²) in [6, 6.07) is 11.3. The molecule has 0 N–H and O–H groups in total. The summed E-state index contributed by atoms with van der Waals surface area (Å²) in [7, 11) is 0. The fraction of sp³-hybridized carbons (Fsp3) is 0.455. The predicted molar refractivity (Wildman–Crippen MR) is 105 cm³/mol. The monoisotopic (exact) mass is 392 g/mol. The van der Waals surface area contributed by atoms with Crippen molar-refractivity contribution in [3.63, 3.8) is 0 Å². The Bertz CT molecular complexity index is 964. The van der Waals surface area contributed by atoms with Crippen LogP contribution in [0.25, 0.3) is 0 Å². The lowest BCUT2D eigenvalue weighted by molar-refractivity contribution is -0.138. The van der Waals surface area contributed by atoms with Gasteiger partial charge in [0.05, 0.1) is 19.0 Å². The molecule has 3 saturated heterocycles. The Kier molecular flexibility index (Phi) is 4.17. The van der Waals surface area contributed by atoms with Crippen LogP contribution in [0.5, 0.6) is 0 Å². The fourth-order valence-corrected chi connectivity index (χ4v) is 4.83. The fourth-order valence-electron chi connectivity index (χ4n) is 4.83. The minimum absolute atomic E-state index is 0.0523. The van der Waals surface area contributed by atoms with E-state index in [1.807, 2.05) is 49.1 Å². The second-order valence-corrected chi connectivity index (χ2v) is 8.29. The van der Waals surface area contributed by atoms with Gasteiger partial charge in [0.15, 0.2) is 5.72 Å². The van der Waals surface area contributed by atoms with Crippen LogP contribution in [0.15, 0.2) is 42.6 Å². The molecule has 0 saturated carbocycles. The van der Waals surface area contributed by atoms with Crippen LogP contribution in [0, 0.1) is 0 Å². The number of likely N-dealkylation sites (tertiary alicyclic amines) is 1. The van der Waals surface area contributed by atoms with E-state index in [1.54, 1.807) is 17.2 Å². The molecule has 1 spiro atoms. The Balaban J connectivity index is 1.43. The third kappa shape index (κ3) is 2.75. The standard InChI is InChI=1S/C22H24N4O3/c1-14(2)20-23-10-8-16(24-20)21(28)25-11-9-22-18(25)12-19(27)26(22)13-17(29-22)15-6-4-3-5-7-15/h3-8,10,14,17-18H,9,11-13H2,1-2H3/t17-,18+,22-/m0/s1. The number of nitrogens with zero attached hydrogens (tertiary/aromatic N) is 4. The van der Waals surface area contributed by atoms with Crippen LogP contribution in [0.1, 0.15) is 60.6 Å². The van der Waals surface area contributed by atoms with Crippen LogP contribution < -0.4 is 0 Å². The summed E-state index contributed by atoms with van der Waals surface area (Å²) >= 11 is 0. The highest BCUT2D eigenvalue weighted by Crippen LogP contribution is 2.50. The van der Waals surface area contributed by atoms with Gasteiger partial charge in [-0.2, -0.15) is 0 Å². The number of ether oxygens (including phenoxy) is 1. The average Bonchev–Trinajstić information content (AvgIpc) is 3.37. The van der Waals surface area contributed by atoms with Gasteiger partial charge in [-0.15, -0.1) is 0 Å². The maximum Gasteiger partial charge on any atom is 0.273 e. The minimum Gasteiger partial charge on any atom is -0.343 e. The number of rotatable bonds is 3.